The van der Waals surface area contributed by atoms with Gasteiger partial charge in [-0.1, -0.05) is 53.0 Å². The zero-order valence-electron chi connectivity index (χ0n) is 20.9. The first kappa shape index (κ1) is 28.0. The summed E-state index contributed by atoms with van der Waals surface area (Å²) >= 11 is 3.41. The number of rotatable bonds is 11. The Morgan fingerprint density at radius 3 is 2.36 bits per heavy atom. The number of sulfonamides is 1. The van der Waals surface area contributed by atoms with E-state index in [4.69, 9.17) is 4.74 Å². The van der Waals surface area contributed by atoms with Crippen LogP contribution in [-0.4, -0.2) is 56.6 Å². The van der Waals surface area contributed by atoms with Crippen molar-refractivity contribution >= 4 is 43.5 Å². The Morgan fingerprint density at radius 2 is 1.75 bits per heavy atom. The summed E-state index contributed by atoms with van der Waals surface area (Å²) in [6.07, 6.45) is 5.05. The molecule has 8 nitrogen and oxygen atoms in total. The maximum Gasteiger partial charge on any atom is 0.244 e. The number of carbonyl (C=O) groups is 2. The van der Waals surface area contributed by atoms with E-state index in [0.717, 1.165) is 46.3 Å². The van der Waals surface area contributed by atoms with Crippen LogP contribution in [0.3, 0.4) is 0 Å². The van der Waals surface area contributed by atoms with Crippen LogP contribution in [0.25, 0.3) is 0 Å². The van der Waals surface area contributed by atoms with Crippen LogP contribution in [0, 0.1) is 0 Å². The van der Waals surface area contributed by atoms with Crippen molar-refractivity contribution in [2.45, 2.75) is 58.2 Å². The van der Waals surface area contributed by atoms with Gasteiger partial charge in [0.05, 0.1) is 18.6 Å². The van der Waals surface area contributed by atoms with Gasteiger partial charge < -0.3 is 15.0 Å². The van der Waals surface area contributed by atoms with Gasteiger partial charge in [-0.2, -0.15) is 0 Å². The highest BCUT2D eigenvalue weighted by Crippen LogP contribution is 2.30. The number of anilines is 1. The second-order valence-electron chi connectivity index (χ2n) is 8.98. The molecule has 0 spiro atoms. The average molecular weight is 581 g/mol. The van der Waals surface area contributed by atoms with Gasteiger partial charge in [0.15, 0.2) is 0 Å². The highest BCUT2D eigenvalue weighted by molar-refractivity contribution is 9.10. The van der Waals surface area contributed by atoms with E-state index in [9.17, 15) is 18.0 Å². The summed E-state index contributed by atoms with van der Waals surface area (Å²) in [6.45, 7) is 3.53. The van der Waals surface area contributed by atoms with Crippen molar-refractivity contribution in [3.8, 4) is 5.75 Å². The van der Waals surface area contributed by atoms with Crippen molar-refractivity contribution in [3.05, 3.63) is 58.6 Å². The summed E-state index contributed by atoms with van der Waals surface area (Å²) < 4.78 is 33.1. The molecule has 1 fully saturated rings. The van der Waals surface area contributed by atoms with Crippen LogP contribution in [0.2, 0.25) is 0 Å². The summed E-state index contributed by atoms with van der Waals surface area (Å²) in [6, 6.07) is 13.5. The summed E-state index contributed by atoms with van der Waals surface area (Å²) in [5, 5.41) is 3.06. The van der Waals surface area contributed by atoms with Gasteiger partial charge in [-0.05, 0) is 56.5 Å². The molecule has 1 N–H and O–H groups in total. The molecule has 10 heteroatoms. The molecule has 0 unspecified atom stereocenters. The Hall–Kier alpha value is -2.59. The molecule has 0 heterocycles. The van der Waals surface area contributed by atoms with E-state index in [1.807, 2.05) is 24.3 Å². The topological polar surface area (TPSA) is 96.0 Å². The standard InChI is InChI=1S/C26H34BrN3O5S/c1-4-35-24-12-8-7-11-23(24)30(36(3,33)34)18-25(31)29(17-20-13-15-21(27)16-14-20)19(2)26(32)28-22-9-5-6-10-22/h7-8,11-16,19,22H,4-6,9-10,17-18H2,1-3H3,(H,28,32)/t19-/m1/s1. The van der Waals surface area contributed by atoms with Gasteiger partial charge in [-0.3, -0.25) is 13.9 Å². The molecule has 0 aromatic heterocycles. The first-order chi connectivity index (χ1) is 17.1. The molecule has 2 aromatic carbocycles. The summed E-state index contributed by atoms with van der Waals surface area (Å²) in [7, 11) is -3.83. The van der Waals surface area contributed by atoms with Gasteiger partial charge in [0.25, 0.3) is 0 Å². The number of ether oxygens (including phenoxy) is 1. The van der Waals surface area contributed by atoms with Crippen LogP contribution in [0.15, 0.2) is 53.0 Å². The fourth-order valence-corrected chi connectivity index (χ4v) is 5.41. The van der Waals surface area contributed by atoms with E-state index in [2.05, 4.69) is 21.2 Å². The number of amides is 2. The first-order valence-corrected chi connectivity index (χ1v) is 14.8. The predicted molar refractivity (Wildman–Crippen MR) is 144 cm³/mol. The molecular weight excluding hydrogens is 546 g/mol. The smallest absolute Gasteiger partial charge is 0.244 e. The van der Waals surface area contributed by atoms with Crippen LogP contribution in [0.4, 0.5) is 5.69 Å². The van der Waals surface area contributed by atoms with E-state index in [0.29, 0.717) is 12.4 Å². The molecule has 196 valence electrons. The van der Waals surface area contributed by atoms with E-state index in [-0.39, 0.29) is 24.2 Å². The van der Waals surface area contributed by atoms with E-state index in [1.54, 1.807) is 38.1 Å². The predicted octanol–water partition coefficient (Wildman–Crippen LogP) is 4.09. The fraction of sp³-hybridized carbons (Fsp3) is 0.462. The third-order valence-corrected chi connectivity index (χ3v) is 7.90. The average Bonchev–Trinajstić information content (AvgIpc) is 3.34. The molecule has 1 atom stereocenters. The zero-order valence-corrected chi connectivity index (χ0v) is 23.3. The van der Waals surface area contributed by atoms with Crippen molar-refractivity contribution < 1.29 is 22.7 Å². The number of nitrogens with one attached hydrogen (secondary N) is 1. The van der Waals surface area contributed by atoms with Crippen LogP contribution < -0.4 is 14.4 Å². The van der Waals surface area contributed by atoms with Crippen molar-refractivity contribution in [2.24, 2.45) is 0 Å². The Balaban J connectivity index is 1.90. The Bertz CT molecular complexity index is 1150. The fourth-order valence-electron chi connectivity index (χ4n) is 4.30. The van der Waals surface area contributed by atoms with E-state index < -0.39 is 28.5 Å². The minimum Gasteiger partial charge on any atom is -0.492 e. The van der Waals surface area contributed by atoms with Gasteiger partial charge >= 0.3 is 0 Å². The molecule has 0 bridgehead atoms. The van der Waals surface area contributed by atoms with Crippen molar-refractivity contribution in [1.82, 2.24) is 10.2 Å². The molecule has 1 aliphatic carbocycles. The third-order valence-electron chi connectivity index (χ3n) is 6.25. The molecule has 2 amide bonds. The minimum atomic E-state index is -3.83. The van der Waals surface area contributed by atoms with Gasteiger partial charge in [0, 0.05) is 17.1 Å². The SMILES string of the molecule is CCOc1ccccc1N(CC(=O)N(Cc1ccc(Br)cc1)[C@H](C)C(=O)NC1CCCC1)S(C)(=O)=O. The number of halogens is 1. The second kappa shape index (κ2) is 12.6. The molecule has 0 aliphatic heterocycles. The van der Waals surface area contributed by atoms with Crippen LogP contribution in [-0.2, 0) is 26.2 Å². The first-order valence-electron chi connectivity index (χ1n) is 12.1. The minimum absolute atomic E-state index is 0.107. The molecule has 0 saturated heterocycles. The highest BCUT2D eigenvalue weighted by Gasteiger charge is 2.32. The number of benzene rings is 2. The van der Waals surface area contributed by atoms with Crippen LogP contribution in [0.1, 0.15) is 45.1 Å². The summed E-state index contributed by atoms with van der Waals surface area (Å²) in [5.74, 6) is -0.360. The van der Waals surface area contributed by atoms with Gasteiger partial charge in [0.2, 0.25) is 21.8 Å². The molecule has 1 saturated carbocycles. The highest BCUT2D eigenvalue weighted by atomic mass is 79.9. The van der Waals surface area contributed by atoms with E-state index >= 15 is 0 Å². The monoisotopic (exact) mass is 579 g/mol. The summed E-state index contributed by atoms with van der Waals surface area (Å²) in [4.78, 5) is 28.2. The lowest BCUT2D eigenvalue weighted by Gasteiger charge is -2.32. The van der Waals surface area contributed by atoms with Crippen LogP contribution in [0.5, 0.6) is 5.75 Å². The molecule has 0 radical (unpaired) electrons. The molecule has 1 aliphatic rings. The Labute approximate surface area is 222 Å². The Kier molecular flexibility index (Phi) is 9.78. The normalized spacial score (nSPS) is 14.8. The van der Waals surface area contributed by atoms with Crippen molar-refractivity contribution in [1.29, 1.82) is 0 Å². The second-order valence-corrected chi connectivity index (χ2v) is 11.8. The lowest BCUT2D eigenvalue weighted by atomic mass is 10.1. The summed E-state index contributed by atoms with van der Waals surface area (Å²) in [5.41, 5.74) is 1.11. The number of hydrogen-bond acceptors (Lipinski definition) is 5. The van der Waals surface area contributed by atoms with Crippen molar-refractivity contribution in [3.63, 3.8) is 0 Å². The number of para-hydroxylation sites is 2. The third kappa shape index (κ3) is 7.46. The van der Waals surface area contributed by atoms with Gasteiger partial charge in [-0.25, -0.2) is 8.42 Å². The number of nitrogens with zero attached hydrogens (tertiary/aromatic N) is 2. The van der Waals surface area contributed by atoms with Crippen LogP contribution >= 0.6 is 15.9 Å². The quantitative estimate of drug-likeness (QED) is 0.432. The Morgan fingerprint density at radius 1 is 1.11 bits per heavy atom. The number of hydrogen-bond donors (Lipinski definition) is 1. The maximum absolute atomic E-state index is 13.7. The van der Waals surface area contributed by atoms with Gasteiger partial charge in [-0.15, -0.1) is 0 Å². The lowest BCUT2D eigenvalue weighted by molar-refractivity contribution is -0.139. The van der Waals surface area contributed by atoms with Crippen molar-refractivity contribution in [2.75, 3.05) is 23.7 Å². The largest absolute Gasteiger partial charge is 0.492 e. The van der Waals surface area contributed by atoms with Gasteiger partial charge in [0.1, 0.15) is 18.3 Å². The number of carbonyl (C=O) groups excluding carboxylic acids is 2. The molecule has 3 rings (SSSR count). The lowest BCUT2D eigenvalue weighted by Crippen LogP contribution is -2.52. The molecular formula is C26H34BrN3O5S. The van der Waals surface area contributed by atoms with E-state index in [1.165, 1.54) is 4.90 Å². The molecule has 36 heavy (non-hydrogen) atoms. The molecule has 2 aromatic rings. The maximum atomic E-state index is 13.7. The zero-order chi connectivity index (χ0) is 26.3.